The minimum atomic E-state index is 0.354. The molecule has 3 heterocycles. The molecular weight excluding hydrogens is 433 g/mol. The smallest absolute Gasteiger partial charge is 0.166 e. The molecule has 0 fully saturated rings. The largest absolute Gasteiger partial charge is 0.377 e. The van der Waals surface area contributed by atoms with E-state index in [2.05, 4.69) is 27.0 Å². The van der Waals surface area contributed by atoms with Crippen molar-refractivity contribution in [3.05, 3.63) is 81.6 Å². The Morgan fingerprint density at radius 1 is 1.10 bits per heavy atom. The van der Waals surface area contributed by atoms with E-state index in [1.165, 1.54) is 0 Å². The molecule has 0 spiro atoms. The molecule has 0 bridgehead atoms. The molecule has 0 atom stereocenters. The molecule has 5 rings (SSSR count). The van der Waals surface area contributed by atoms with E-state index in [1.54, 1.807) is 13.4 Å². The van der Waals surface area contributed by atoms with E-state index in [4.69, 9.17) is 27.9 Å². The van der Waals surface area contributed by atoms with Crippen LogP contribution in [0.25, 0.3) is 17.1 Å². The second kappa shape index (κ2) is 8.20. The van der Waals surface area contributed by atoms with Crippen LogP contribution in [0.2, 0.25) is 10.0 Å². The topological polar surface area (TPSA) is 57.8 Å². The molecule has 0 saturated carbocycles. The van der Waals surface area contributed by atoms with Crippen molar-refractivity contribution in [1.29, 1.82) is 0 Å². The predicted octanol–water partition coefficient (Wildman–Crippen LogP) is 4.54. The normalized spacial score (nSPS) is 11.7. The number of hydrogen-bond donors (Lipinski definition) is 0. The molecule has 1 aliphatic heterocycles. The van der Waals surface area contributed by atoms with Crippen LogP contribution >= 0.6 is 23.2 Å². The Morgan fingerprint density at radius 2 is 1.97 bits per heavy atom. The predicted molar refractivity (Wildman–Crippen MR) is 119 cm³/mol. The molecule has 2 aromatic heterocycles. The Labute approximate surface area is 189 Å². The highest BCUT2D eigenvalue weighted by Gasteiger charge is 2.25. The van der Waals surface area contributed by atoms with Crippen molar-refractivity contribution in [3.8, 4) is 28.9 Å². The van der Waals surface area contributed by atoms with Crippen LogP contribution in [0.15, 0.2) is 48.8 Å². The van der Waals surface area contributed by atoms with Gasteiger partial charge in [0.05, 0.1) is 17.9 Å². The van der Waals surface area contributed by atoms with Gasteiger partial charge in [-0.2, -0.15) is 0 Å². The van der Waals surface area contributed by atoms with Gasteiger partial charge in [-0.1, -0.05) is 41.3 Å². The van der Waals surface area contributed by atoms with Crippen molar-refractivity contribution in [2.24, 2.45) is 0 Å². The van der Waals surface area contributed by atoms with Crippen LogP contribution in [0.3, 0.4) is 0 Å². The van der Waals surface area contributed by atoms with Gasteiger partial charge < -0.3 is 9.30 Å². The number of nitrogens with zero attached hydrogens (tertiary/aromatic N) is 5. The number of ether oxygens (including phenoxy) is 1. The third-order valence-corrected chi connectivity index (χ3v) is 5.59. The number of fused-ring (bicyclic) bond motifs is 5. The monoisotopic (exact) mass is 449 g/mol. The summed E-state index contributed by atoms with van der Waals surface area (Å²) in [5, 5.41) is 10.1. The average molecular weight is 450 g/mol. The molecule has 0 amide bonds. The van der Waals surface area contributed by atoms with Crippen LogP contribution in [-0.2, 0) is 24.3 Å². The molecule has 2 aromatic carbocycles. The number of halogens is 2. The highest BCUT2D eigenvalue weighted by atomic mass is 35.5. The second-order valence-corrected chi connectivity index (χ2v) is 8.01. The number of rotatable bonds is 3. The van der Waals surface area contributed by atoms with Crippen LogP contribution in [0.4, 0.5) is 0 Å². The summed E-state index contributed by atoms with van der Waals surface area (Å²) in [6, 6.07) is 13.4. The van der Waals surface area contributed by atoms with E-state index >= 15 is 0 Å². The highest BCUT2D eigenvalue weighted by Crippen LogP contribution is 2.34. The Hall–Kier alpha value is -3.11. The summed E-state index contributed by atoms with van der Waals surface area (Å²) < 4.78 is 9.39. The van der Waals surface area contributed by atoms with Gasteiger partial charge in [-0.05, 0) is 41.8 Å². The maximum absolute atomic E-state index is 6.30. The second-order valence-electron chi connectivity index (χ2n) is 7.14. The molecule has 8 heteroatoms. The highest BCUT2D eigenvalue weighted by molar-refractivity contribution is 6.31. The summed E-state index contributed by atoms with van der Waals surface area (Å²) in [5.74, 6) is 7.92. The lowest BCUT2D eigenvalue weighted by Gasteiger charge is -2.08. The zero-order chi connectivity index (χ0) is 21.4. The van der Waals surface area contributed by atoms with Crippen molar-refractivity contribution < 1.29 is 4.74 Å². The molecular formula is C23H17Cl2N5O. The minimum absolute atomic E-state index is 0.354. The third-order valence-electron chi connectivity index (χ3n) is 5.12. The summed E-state index contributed by atoms with van der Waals surface area (Å²) in [4.78, 5) is 4.59. The molecule has 0 unspecified atom stereocenters. The standard InChI is InChI=1S/C23H17Cl2N5O/c1-31-13-22-27-28-23-18-11-17(25)8-9-20(18)30-14-26-19(21(30)12-29(22)23)7-3-5-15-4-2-6-16(24)10-15/h2,4,6,8-11,14H,5,12-13H2,1H3. The summed E-state index contributed by atoms with van der Waals surface area (Å²) in [5.41, 5.74) is 4.56. The van der Waals surface area contributed by atoms with E-state index in [9.17, 15) is 0 Å². The lowest BCUT2D eigenvalue weighted by Crippen LogP contribution is -2.09. The van der Waals surface area contributed by atoms with Gasteiger partial charge >= 0.3 is 0 Å². The van der Waals surface area contributed by atoms with E-state index in [0.717, 1.165) is 34.2 Å². The van der Waals surface area contributed by atoms with Crippen molar-refractivity contribution >= 4 is 23.2 Å². The van der Waals surface area contributed by atoms with Crippen molar-refractivity contribution in [3.63, 3.8) is 0 Å². The molecule has 0 saturated heterocycles. The molecule has 1 aliphatic rings. The summed E-state index contributed by atoms with van der Waals surface area (Å²) >= 11 is 12.4. The van der Waals surface area contributed by atoms with Crippen LogP contribution in [-0.4, -0.2) is 31.4 Å². The van der Waals surface area contributed by atoms with Crippen molar-refractivity contribution in [2.75, 3.05) is 7.11 Å². The minimum Gasteiger partial charge on any atom is -0.377 e. The zero-order valence-corrected chi connectivity index (χ0v) is 18.2. The van der Waals surface area contributed by atoms with Crippen molar-refractivity contribution in [2.45, 2.75) is 19.6 Å². The quantitative estimate of drug-likeness (QED) is 0.379. The first kappa shape index (κ1) is 19.8. The fraction of sp³-hybridized carbons (Fsp3) is 0.174. The summed E-state index contributed by atoms with van der Waals surface area (Å²) in [7, 11) is 1.64. The molecule has 0 aliphatic carbocycles. The third kappa shape index (κ3) is 3.72. The maximum atomic E-state index is 6.30. The molecule has 6 nitrogen and oxygen atoms in total. The van der Waals surface area contributed by atoms with Gasteiger partial charge in [-0.3, -0.25) is 4.57 Å². The van der Waals surface area contributed by atoms with E-state index in [0.29, 0.717) is 35.3 Å². The Balaban J connectivity index is 1.59. The van der Waals surface area contributed by atoms with Crippen molar-refractivity contribution in [1.82, 2.24) is 24.3 Å². The molecule has 4 aromatic rings. The Kier molecular flexibility index (Phi) is 5.24. The van der Waals surface area contributed by atoms with E-state index < -0.39 is 0 Å². The number of hydrogen-bond acceptors (Lipinski definition) is 4. The first-order chi connectivity index (χ1) is 15.1. The van der Waals surface area contributed by atoms with Crippen LogP contribution in [0.5, 0.6) is 0 Å². The number of benzene rings is 2. The van der Waals surface area contributed by atoms with Gasteiger partial charge in [0.1, 0.15) is 18.6 Å². The fourth-order valence-electron chi connectivity index (χ4n) is 3.70. The molecule has 0 N–H and O–H groups in total. The average Bonchev–Trinajstić information content (AvgIpc) is 3.30. The SMILES string of the molecule is COCc1nnc2n1Cc1c(C#CCc3cccc(Cl)c3)ncn1-c1ccc(Cl)cc1-2. The Morgan fingerprint density at radius 3 is 2.81 bits per heavy atom. The van der Waals surface area contributed by atoms with Gasteiger partial charge in [0.25, 0.3) is 0 Å². The lowest BCUT2D eigenvalue weighted by molar-refractivity contribution is 0.174. The van der Waals surface area contributed by atoms with Gasteiger partial charge in [-0.15, -0.1) is 10.2 Å². The van der Waals surface area contributed by atoms with Gasteiger partial charge in [0, 0.05) is 29.1 Å². The van der Waals surface area contributed by atoms with E-state index in [1.807, 2.05) is 51.6 Å². The first-order valence-electron chi connectivity index (χ1n) is 9.65. The zero-order valence-electron chi connectivity index (χ0n) is 16.6. The van der Waals surface area contributed by atoms with E-state index in [-0.39, 0.29) is 0 Å². The summed E-state index contributed by atoms with van der Waals surface area (Å²) in [6.45, 7) is 0.876. The number of imidazole rings is 1. The van der Waals surface area contributed by atoms with Crippen LogP contribution in [0.1, 0.15) is 22.8 Å². The molecule has 0 radical (unpaired) electrons. The maximum Gasteiger partial charge on any atom is 0.166 e. The molecule has 31 heavy (non-hydrogen) atoms. The van der Waals surface area contributed by atoms with Gasteiger partial charge in [0.2, 0.25) is 0 Å². The lowest BCUT2D eigenvalue weighted by atomic mass is 10.1. The van der Waals surface area contributed by atoms with Gasteiger partial charge in [0.15, 0.2) is 11.6 Å². The Bertz CT molecular complexity index is 1350. The first-order valence-corrected chi connectivity index (χ1v) is 10.4. The van der Waals surface area contributed by atoms with Crippen LogP contribution < -0.4 is 0 Å². The number of methoxy groups -OCH3 is 1. The summed E-state index contributed by atoms with van der Waals surface area (Å²) in [6.07, 6.45) is 2.38. The fourth-order valence-corrected chi connectivity index (χ4v) is 4.08. The van der Waals surface area contributed by atoms with Gasteiger partial charge in [-0.25, -0.2) is 4.98 Å². The molecule has 154 valence electrons. The number of aromatic nitrogens is 5. The van der Waals surface area contributed by atoms with Crippen LogP contribution in [0, 0.1) is 11.8 Å².